The van der Waals surface area contributed by atoms with Crippen LogP contribution in [0, 0.1) is 0 Å². The van der Waals surface area contributed by atoms with Gasteiger partial charge in [0.2, 0.25) is 0 Å². The van der Waals surface area contributed by atoms with Gasteiger partial charge in [-0.05, 0) is 147 Å². The highest BCUT2D eigenvalue weighted by atomic mass is 15.1. The van der Waals surface area contributed by atoms with Crippen LogP contribution in [0.4, 0.5) is 17.1 Å². The summed E-state index contributed by atoms with van der Waals surface area (Å²) in [5, 5.41) is 4.97. The Morgan fingerprint density at radius 2 is 0.494 bits per heavy atom. The van der Waals surface area contributed by atoms with Crippen LogP contribution in [0.1, 0.15) is 44.5 Å². The van der Waals surface area contributed by atoms with Crippen molar-refractivity contribution < 1.29 is 0 Å². The molecule has 13 aromatic rings. The van der Waals surface area contributed by atoms with Crippen LogP contribution in [0.5, 0.6) is 0 Å². The number of hydrogen-bond acceptors (Lipinski definition) is 1. The summed E-state index contributed by atoms with van der Waals surface area (Å²) >= 11 is 0. The summed E-state index contributed by atoms with van der Waals surface area (Å²) in [7, 11) is 0. The molecule has 0 aromatic heterocycles. The number of rotatable bonds is 9. The van der Waals surface area contributed by atoms with Gasteiger partial charge in [0.1, 0.15) is 0 Å². The molecule has 2 aliphatic rings. The Labute approximate surface area is 450 Å². The van der Waals surface area contributed by atoms with Crippen LogP contribution < -0.4 is 4.90 Å². The van der Waals surface area contributed by atoms with Crippen LogP contribution >= 0.6 is 0 Å². The fourth-order valence-electron chi connectivity index (χ4n) is 13.7. The van der Waals surface area contributed by atoms with Gasteiger partial charge in [-0.15, -0.1) is 0 Å². The Morgan fingerprint density at radius 3 is 0.870 bits per heavy atom. The van der Waals surface area contributed by atoms with E-state index in [0.717, 1.165) is 17.1 Å². The number of fused-ring (bicyclic) bond motifs is 8. The summed E-state index contributed by atoms with van der Waals surface area (Å²) in [4.78, 5) is 2.51. The highest BCUT2D eigenvalue weighted by molar-refractivity contribution is 6.21. The molecule has 0 amide bonds. The summed E-state index contributed by atoms with van der Waals surface area (Å²) in [6.45, 7) is 0. The van der Waals surface area contributed by atoms with Crippen LogP contribution in [0.2, 0.25) is 0 Å². The molecule has 1 nitrogen and oxygen atoms in total. The first kappa shape index (κ1) is 44.6. The summed E-state index contributed by atoms with van der Waals surface area (Å²) in [5.74, 6) is 0. The Balaban J connectivity index is 0.987. The maximum absolute atomic E-state index is 2.51. The van der Waals surface area contributed by atoms with Crippen molar-refractivity contribution >= 4 is 38.6 Å². The zero-order chi connectivity index (χ0) is 50.9. The molecule has 2 aliphatic carbocycles. The van der Waals surface area contributed by atoms with Crippen molar-refractivity contribution in [2.24, 2.45) is 0 Å². The van der Waals surface area contributed by atoms with Gasteiger partial charge in [-0.25, -0.2) is 0 Å². The average molecular weight is 978 g/mol. The van der Waals surface area contributed by atoms with Gasteiger partial charge in [0.25, 0.3) is 0 Å². The Kier molecular flexibility index (Phi) is 10.4. The summed E-state index contributed by atoms with van der Waals surface area (Å²) in [6.07, 6.45) is 0. The minimum absolute atomic E-state index is 0.566. The van der Waals surface area contributed by atoms with Crippen molar-refractivity contribution in [1.29, 1.82) is 0 Å². The lowest BCUT2D eigenvalue weighted by atomic mass is 9.67. The second kappa shape index (κ2) is 17.9. The smallest absolute Gasteiger partial charge is 0.0714 e. The summed E-state index contributed by atoms with van der Waals surface area (Å²) < 4.78 is 0. The first-order valence-electron chi connectivity index (χ1n) is 26.8. The quantitative estimate of drug-likeness (QED) is 0.130. The number of nitrogens with zero attached hydrogens (tertiary/aromatic N) is 1. The molecule has 0 heterocycles. The largest absolute Gasteiger partial charge is 0.310 e. The molecule has 0 N–H and O–H groups in total. The topological polar surface area (TPSA) is 3.24 Å². The van der Waals surface area contributed by atoms with E-state index < -0.39 is 10.8 Å². The lowest BCUT2D eigenvalue weighted by molar-refractivity contribution is 0.767. The first-order chi connectivity index (χ1) is 38.2. The maximum atomic E-state index is 2.51. The molecular formula is C76H51N. The zero-order valence-electron chi connectivity index (χ0n) is 42.4. The molecule has 15 rings (SSSR count). The third kappa shape index (κ3) is 6.67. The third-order valence-corrected chi connectivity index (χ3v) is 16.8. The molecule has 0 atom stereocenters. The maximum Gasteiger partial charge on any atom is 0.0714 e. The van der Waals surface area contributed by atoms with Gasteiger partial charge in [-0.2, -0.15) is 0 Å². The van der Waals surface area contributed by atoms with E-state index in [0.29, 0.717) is 0 Å². The molecule has 0 radical (unpaired) electrons. The van der Waals surface area contributed by atoms with Gasteiger partial charge < -0.3 is 4.90 Å². The molecule has 77 heavy (non-hydrogen) atoms. The fourth-order valence-corrected chi connectivity index (χ4v) is 13.7. The number of hydrogen-bond donors (Lipinski definition) is 0. The predicted octanol–water partition coefficient (Wildman–Crippen LogP) is 19.5. The molecule has 0 saturated carbocycles. The second-order valence-electron chi connectivity index (χ2n) is 20.6. The zero-order valence-corrected chi connectivity index (χ0v) is 42.4. The van der Waals surface area contributed by atoms with E-state index in [1.54, 1.807) is 0 Å². The monoisotopic (exact) mass is 977 g/mol. The van der Waals surface area contributed by atoms with Crippen molar-refractivity contribution in [3.05, 3.63) is 354 Å². The van der Waals surface area contributed by atoms with E-state index in [2.05, 4.69) is 314 Å². The van der Waals surface area contributed by atoms with E-state index in [4.69, 9.17) is 0 Å². The van der Waals surface area contributed by atoms with Crippen LogP contribution in [0.15, 0.2) is 309 Å². The van der Waals surface area contributed by atoms with Gasteiger partial charge in [-0.1, -0.05) is 273 Å². The van der Waals surface area contributed by atoms with Crippen molar-refractivity contribution in [2.75, 3.05) is 4.90 Å². The van der Waals surface area contributed by atoms with Gasteiger partial charge in [0.15, 0.2) is 0 Å². The fraction of sp³-hybridized carbons (Fsp3) is 0.0263. The van der Waals surface area contributed by atoms with E-state index in [9.17, 15) is 0 Å². The molecule has 0 bridgehead atoms. The van der Waals surface area contributed by atoms with E-state index in [1.165, 1.54) is 111 Å². The molecule has 13 aromatic carbocycles. The molecule has 1 heteroatoms. The van der Waals surface area contributed by atoms with Gasteiger partial charge in [0.05, 0.1) is 10.8 Å². The molecular weight excluding hydrogens is 927 g/mol. The molecule has 0 spiro atoms. The molecule has 0 saturated heterocycles. The molecule has 0 fully saturated rings. The average Bonchev–Trinajstić information content (AvgIpc) is 4.01. The summed E-state index contributed by atoms with van der Waals surface area (Å²) in [6, 6.07) is 115. The van der Waals surface area contributed by atoms with Gasteiger partial charge in [-0.3, -0.25) is 0 Å². The van der Waals surface area contributed by atoms with E-state index >= 15 is 0 Å². The molecule has 360 valence electrons. The standard InChI is InChI=1S/C76H51N/c1-6-24-52(25-7-1)73-65-36-16-18-38-67(65)74(68-39-19-17-37-66(68)73)53-42-44-58(45-43-53)77(59-46-48-63-61-34-20-22-40-69(61)75(71(63)50-59,54-26-8-2-9-27-54)55-28-10-3-11-29-55)60-47-49-64-62-35-21-23-41-70(62)76(72(64)51-60,56-30-12-4-13-31-56)57-32-14-5-15-33-57/h1-51H. The molecule has 0 aliphatic heterocycles. The lowest BCUT2D eigenvalue weighted by Gasteiger charge is -2.36. The van der Waals surface area contributed by atoms with Crippen LogP contribution in [-0.4, -0.2) is 0 Å². The van der Waals surface area contributed by atoms with Crippen molar-refractivity contribution in [3.8, 4) is 44.5 Å². The predicted molar refractivity (Wildman–Crippen MR) is 322 cm³/mol. The van der Waals surface area contributed by atoms with E-state index in [1.807, 2.05) is 0 Å². The van der Waals surface area contributed by atoms with Gasteiger partial charge in [0, 0.05) is 17.1 Å². The SMILES string of the molecule is c1ccc(-c2c3ccccc3c(-c3ccc(N(c4ccc5c(c4)C(c4ccccc4)(c4ccccc4)c4ccccc4-5)c4ccc5c(c4)C(c4ccccc4)(c4ccccc4)c4ccccc4-5)cc3)c3ccccc23)cc1. The molecule has 0 unspecified atom stereocenters. The van der Waals surface area contributed by atoms with Crippen molar-refractivity contribution in [2.45, 2.75) is 10.8 Å². The minimum Gasteiger partial charge on any atom is -0.310 e. The Morgan fingerprint density at radius 1 is 0.208 bits per heavy atom. The number of anilines is 3. The summed E-state index contributed by atoms with van der Waals surface area (Å²) in [5.41, 5.74) is 22.2. The van der Waals surface area contributed by atoms with Crippen molar-refractivity contribution in [3.63, 3.8) is 0 Å². The van der Waals surface area contributed by atoms with Crippen molar-refractivity contribution in [1.82, 2.24) is 0 Å². The lowest BCUT2D eigenvalue weighted by Crippen LogP contribution is -2.29. The van der Waals surface area contributed by atoms with Gasteiger partial charge >= 0.3 is 0 Å². The third-order valence-electron chi connectivity index (χ3n) is 16.8. The Hall–Kier alpha value is -9.82. The normalized spacial score (nSPS) is 13.4. The first-order valence-corrected chi connectivity index (χ1v) is 26.8. The minimum atomic E-state index is -0.566. The number of benzene rings is 13. The van der Waals surface area contributed by atoms with Crippen LogP contribution in [0.25, 0.3) is 66.1 Å². The van der Waals surface area contributed by atoms with E-state index in [-0.39, 0.29) is 0 Å². The van der Waals surface area contributed by atoms with Crippen LogP contribution in [-0.2, 0) is 10.8 Å². The highest BCUT2D eigenvalue weighted by Crippen LogP contribution is 2.60. The highest BCUT2D eigenvalue weighted by Gasteiger charge is 2.48. The Bertz CT molecular complexity index is 4040. The second-order valence-corrected chi connectivity index (χ2v) is 20.6. The van der Waals surface area contributed by atoms with Crippen LogP contribution in [0.3, 0.4) is 0 Å².